The molecule has 0 atom stereocenters. The molecule has 0 aliphatic rings. The molecular weight excluding hydrogens is 294 g/mol. The van der Waals surface area contributed by atoms with Crippen LogP contribution in [-0.2, 0) is 10.0 Å². The van der Waals surface area contributed by atoms with E-state index in [1.54, 1.807) is 17.8 Å². The van der Waals surface area contributed by atoms with Gasteiger partial charge in [-0.2, -0.15) is 0 Å². The summed E-state index contributed by atoms with van der Waals surface area (Å²) in [4.78, 5) is 1.09. The standard InChI is InChI=1S/C13H15N3O2S2/c1-19-12-4-2-3-10(7-12)16-11-5-9(14)6-13(8-11)20(15,17)18/h2-8,16H,14H2,1H3,(H2,15,17,18). The average Bonchev–Trinajstić information content (AvgIpc) is 2.37. The Labute approximate surface area is 122 Å². The van der Waals surface area contributed by atoms with E-state index in [9.17, 15) is 8.42 Å². The molecule has 0 aliphatic heterocycles. The summed E-state index contributed by atoms with van der Waals surface area (Å²) in [7, 11) is -3.78. The minimum absolute atomic E-state index is 0.0129. The van der Waals surface area contributed by atoms with E-state index in [0.29, 0.717) is 11.4 Å². The Hall–Kier alpha value is -1.70. The molecule has 106 valence electrons. The van der Waals surface area contributed by atoms with E-state index in [0.717, 1.165) is 10.6 Å². The summed E-state index contributed by atoms with van der Waals surface area (Å²) in [5, 5.41) is 8.24. The summed E-state index contributed by atoms with van der Waals surface area (Å²) in [6, 6.07) is 12.2. The Kier molecular flexibility index (Phi) is 4.22. The number of nitrogens with one attached hydrogen (secondary N) is 1. The zero-order valence-corrected chi connectivity index (χ0v) is 12.5. The van der Waals surface area contributed by atoms with Crippen LogP contribution in [0.4, 0.5) is 17.1 Å². The van der Waals surface area contributed by atoms with E-state index in [2.05, 4.69) is 5.32 Å². The topological polar surface area (TPSA) is 98.2 Å². The molecule has 0 bridgehead atoms. The van der Waals surface area contributed by atoms with Gasteiger partial charge in [0.2, 0.25) is 10.0 Å². The third-order valence-electron chi connectivity index (χ3n) is 2.62. The minimum Gasteiger partial charge on any atom is -0.399 e. The van der Waals surface area contributed by atoms with Gasteiger partial charge in [-0.25, -0.2) is 13.6 Å². The summed E-state index contributed by atoms with van der Waals surface area (Å²) in [5.41, 5.74) is 7.46. The first-order valence-electron chi connectivity index (χ1n) is 5.73. The molecule has 20 heavy (non-hydrogen) atoms. The Morgan fingerprint density at radius 3 is 2.50 bits per heavy atom. The van der Waals surface area contributed by atoms with E-state index in [4.69, 9.17) is 10.9 Å². The summed E-state index contributed by atoms with van der Waals surface area (Å²) in [5.74, 6) is 0. The second-order valence-corrected chi connectivity index (χ2v) is 6.63. The fourth-order valence-electron chi connectivity index (χ4n) is 1.73. The fraction of sp³-hybridized carbons (Fsp3) is 0.0769. The lowest BCUT2D eigenvalue weighted by Crippen LogP contribution is -2.12. The van der Waals surface area contributed by atoms with E-state index < -0.39 is 10.0 Å². The van der Waals surface area contributed by atoms with Crippen molar-refractivity contribution in [3.63, 3.8) is 0 Å². The summed E-state index contributed by atoms with van der Waals surface area (Å²) in [6.07, 6.45) is 1.98. The first-order chi connectivity index (χ1) is 9.38. The molecular formula is C13H15N3O2S2. The van der Waals surface area contributed by atoms with Crippen molar-refractivity contribution in [2.24, 2.45) is 5.14 Å². The van der Waals surface area contributed by atoms with Crippen LogP contribution in [-0.4, -0.2) is 14.7 Å². The van der Waals surface area contributed by atoms with Gasteiger partial charge >= 0.3 is 0 Å². The number of nitrogen functional groups attached to an aromatic ring is 1. The Balaban J connectivity index is 2.36. The Bertz CT molecular complexity index is 730. The van der Waals surface area contributed by atoms with Crippen LogP contribution in [0.25, 0.3) is 0 Å². The number of sulfonamides is 1. The first kappa shape index (κ1) is 14.7. The molecule has 2 aromatic rings. The lowest BCUT2D eigenvalue weighted by atomic mass is 10.2. The lowest BCUT2D eigenvalue weighted by Gasteiger charge is -2.10. The van der Waals surface area contributed by atoms with Gasteiger partial charge < -0.3 is 11.1 Å². The Morgan fingerprint density at radius 2 is 1.85 bits per heavy atom. The van der Waals surface area contributed by atoms with Crippen LogP contribution in [0.1, 0.15) is 0 Å². The zero-order valence-electron chi connectivity index (χ0n) is 10.8. The van der Waals surface area contributed by atoms with E-state index >= 15 is 0 Å². The highest BCUT2D eigenvalue weighted by atomic mass is 32.2. The van der Waals surface area contributed by atoms with E-state index in [-0.39, 0.29) is 4.90 Å². The maximum Gasteiger partial charge on any atom is 0.238 e. The SMILES string of the molecule is CSc1cccc(Nc2cc(N)cc(S(N)(=O)=O)c2)c1. The summed E-state index contributed by atoms with van der Waals surface area (Å²) in [6.45, 7) is 0. The maximum absolute atomic E-state index is 11.4. The molecule has 0 heterocycles. The highest BCUT2D eigenvalue weighted by Gasteiger charge is 2.10. The van der Waals surface area contributed by atoms with Gasteiger partial charge in [0.05, 0.1) is 4.90 Å². The van der Waals surface area contributed by atoms with Crippen LogP contribution < -0.4 is 16.2 Å². The number of hydrogen-bond acceptors (Lipinski definition) is 5. The van der Waals surface area contributed by atoms with Crippen molar-refractivity contribution in [2.75, 3.05) is 17.3 Å². The van der Waals surface area contributed by atoms with Crippen molar-refractivity contribution in [2.45, 2.75) is 9.79 Å². The molecule has 0 amide bonds. The normalized spacial score (nSPS) is 11.3. The molecule has 0 saturated heterocycles. The quantitative estimate of drug-likeness (QED) is 0.595. The van der Waals surface area contributed by atoms with Crippen molar-refractivity contribution in [1.82, 2.24) is 0 Å². The van der Waals surface area contributed by atoms with Crippen molar-refractivity contribution in [3.8, 4) is 0 Å². The highest BCUT2D eigenvalue weighted by Crippen LogP contribution is 2.25. The van der Waals surface area contributed by atoms with Crippen molar-refractivity contribution >= 4 is 38.8 Å². The minimum atomic E-state index is -3.78. The molecule has 0 fully saturated rings. The Morgan fingerprint density at radius 1 is 1.10 bits per heavy atom. The predicted octanol–water partition coefficient (Wildman–Crippen LogP) is 2.38. The number of rotatable bonds is 4. The van der Waals surface area contributed by atoms with Gasteiger partial charge in [0.15, 0.2) is 0 Å². The van der Waals surface area contributed by atoms with Gasteiger partial charge in [-0.15, -0.1) is 11.8 Å². The zero-order chi connectivity index (χ0) is 14.8. The monoisotopic (exact) mass is 309 g/mol. The smallest absolute Gasteiger partial charge is 0.238 e. The summed E-state index contributed by atoms with van der Waals surface area (Å²) >= 11 is 1.62. The van der Waals surface area contributed by atoms with Crippen LogP contribution in [0.2, 0.25) is 0 Å². The van der Waals surface area contributed by atoms with Crippen LogP contribution in [0, 0.1) is 0 Å². The molecule has 0 saturated carbocycles. The third kappa shape index (κ3) is 3.66. The van der Waals surface area contributed by atoms with Gasteiger partial charge in [0.1, 0.15) is 0 Å². The largest absolute Gasteiger partial charge is 0.399 e. The molecule has 2 aromatic carbocycles. The second-order valence-electron chi connectivity index (χ2n) is 4.19. The molecule has 2 rings (SSSR count). The second kappa shape index (κ2) is 5.74. The third-order valence-corrected chi connectivity index (χ3v) is 4.23. The van der Waals surface area contributed by atoms with Gasteiger partial charge in [-0.05, 0) is 42.7 Å². The van der Waals surface area contributed by atoms with Gasteiger partial charge in [-0.1, -0.05) is 6.07 Å². The molecule has 0 spiro atoms. The molecule has 7 heteroatoms. The number of anilines is 3. The lowest BCUT2D eigenvalue weighted by molar-refractivity contribution is 0.598. The molecule has 5 N–H and O–H groups in total. The molecule has 5 nitrogen and oxygen atoms in total. The van der Waals surface area contributed by atoms with Gasteiger partial charge in [0.25, 0.3) is 0 Å². The van der Waals surface area contributed by atoms with Crippen LogP contribution in [0.15, 0.2) is 52.3 Å². The summed E-state index contributed by atoms with van der Waals surface area (Å²) < 4.78 is 22.8. The number of hydrogen-bond donors (Lipinski definition) is 3. The van der Waals surface area contributed by atoms with E-state index in [1.807, 2.05) is 30.5 Å². The van der Waals surface area contributed by atoms with Gasteiger partial charge in [0, 0.05) is 22.0 Å². The predicted molar refractivity (Wildman–Crippen MR) is 83.7 cm³/mol. The maximum atomic E-state index is 11.4. The van der Waals surface area contributed by atoms with Crippen molar-refractivity contribution in [3.05, 3.63) is 42.5 Å². The van der Waals surface area contributed by atoms with Crippen LogP contribution >= 0.6 is 11.8 Å². The first-order valence-corrected chi connectivity index (χ1v) is 8.50. The number of thioether (sulfide) groups is 1. The fourth-order valence-corrected chi connectivity index (χ4v) is 2.78. The molecule has 0 unspecified atom stereocenters. The van der Waals surface area contributed by atoms with Crippen LogP contribution in [0.5, 0.6) is 0 Å². The average molecular weight is 309 g/mol. The molecule has 0 radical (unpaired) electrons. The van der Waals surface area contributed by atoms with E-state index in [1.165, 1.54) is 12.1 Å². The number of benzene rings is 2. The molecule has 0 aromatic heterocycles. The van der Waals surface area contributed by atoms with Crippen molar-refractivity contribution < 1.29 is 8.42 Å². The van der Waals surface area contributed by atoms with Gasteiger partial charge in [-0.3, -0.25) is 0 Å². The molecule has 0 aliphatic carbocycles. The number of primary sulfonamides is 1. The highest BCUT2D eigenvalue weighted by molar-refractivity contribution is 7.98. The van der Waals surface area contributed by atoms with Crippen molar-refractivity contribution in [1.29, 1.82) is 0 Å². The van der Waals surface area contributed by atoms with Crippen LogP contribution in [0.3, 0.4) is 0 Å². The number of nitrogens with two attached hydrogens (primary N) is 2.